The highest BCUT2D eigenvalue weighted by Gasteiger charge is 2.26. The van der Waals surface area contributed by atoms with E-state index in [0.29, 0.717) is 5.91 Å². The van der Waals surface area contributed by atoms with Crippen LogP contribution in [0.2, 0.25) is 0 Å². The summed E-state index contributed by atoms with van der Waals surface area (Å²) >= 11 is 0. The minimum absolute atomic E-state index is 0. The summed E-state index contributed by atoms with van der Waals surface area (Å²) in [6.07, 6.45) is 6.85. The molecule has 0 radical (unpaired) electrons. The zero-order valence-electron chi connectivity index (χ0n) is 11.5. The maximum Gasteiger partial charge on any atom is 0.222 e. The second-order valence-corrected chi connectivity index (χ2v) is 5.68. The fourth-order valence-corrected chi connectivity index (χ4v) is 2.65. The van der Waals surface area contributed by atoms with Gasteiger partial charge in [0.05, 0.1) is 0 Å². The van der Waals surface area contributed by atoms with E-state index in [1.807, 2.05) is 0 Å². The Hall–Kier alpha value is -0.280. The molecule has 1 atom stereocenters. The quantitative estimate of drug-likeness (QED) is 0.773. The molecule has 0 bridgehead atoms. The lowest BCUT2D eigenvalue weighted by atomic mass is 10.0. The highest BCUT2D eigenvalue weighted by molar-refractivity contribution is 5.85. The lowest BCUT2D eigenvalue weighted by Crippen LogP contribution is -2.33. The van der Waals surface area contributed by atoms with Crippen molar-refractivity contribution in [3.8, 4) is 0 Å². The third-order valence-corrected chi connectivity index (χ3v) is 3.95. The number of nitrogens with one attached hydrogen (secondary N) is 1. The van der Waals surface area contributed by atoms with Gasteiger partial charge in [0.25, 0.3) is 0 Å². The summed E-state index contributed by atoms with van der Waals surface area (Å²) in [5.74, 6) is 1.95. The Morgan fingerprint density at radius 3 is 2.61 bits per heavy atom. The van der Waals surface area contributed by atoms with E-state index in [4.69, 9.17) is 0 Å². The number of amides is 1. The first-order valence-electron chi connectivity index (χ1n) is 7.28. The van der Waals surface area contributed by atoms with E-state index >= 15 is 0 Å². The zero-order chi connectivity index (χ0) is 12.1. The molecular weight excluding hydrogens is 248 g/mol. The minimum Gasteiger partial charge on any atom is -0.342 e. The van der Waals surface area contributed by atoms with Gasteiger partial charge in [-0.05, 0) is 57.0 Å². The minimum atomic E-state index is 0. The van der Waals surface area contributed by atoms with Crippen molar-refractivity contribution < 1.29 is 4.79 Å². The summed E-state index contributed by atoms with van der Waals surface area (Å²) in [5, 5.41) is 3.37. The third kappa shape index (κ3) is 5.15. The topological polar surface area (TPSA) is 32.3 Å². The summed E-state index contributed by atoms with van der Waals surface area (Å²) in [6.45, 7) is 6.39. The van der Waals surface area contributed by atoms with Crippen molar-refractivity contribution in [2.45, 2.75) is 45.4 Å². The summed E-state index contributed by atoms with van der Waals surface area (Å²) in [6, 6.07) is 0. The molecule has 1 N–H and O–H groups in total. The SMILES string of the molecule is CCCN(CC1CC1)C(=O)CCC1CCNC1.Cl. The van der Waals surface area contributed by atoms with Crippen LogP contribution in [0.4, 0.5) is 0 Å². The molecule has 0 aromatic carbocycles. The van der Waals surface area contributed by atoms with Crippen molar-refractivity contribution in [1.82, 2.24) is 10.2 Å². The van der Waals surface area contributed by atoms with E-state index in [-0.39, 0.29) is 12.4 Å². The maximum atomic E-state index is 12.2. The zero-order valence-corrected chi connectivity index (χ0v) is 12.3. The van der Waals surface area contributed by atoms with Gasteiger partial charge in [-0.3, -0.25) is 4.79 Å². The van der Waals surface area contributed by atoms with Crippen LogP contribution in [0.3, 0.4) is 0 Å². The van der Waals surface area contributed by atoms with Gasteiger partial charge in [0.1, 0.15) is 0 Å². The van der Waals surface area contributed by atoms with Gasteiger partial charge >= 0.3 is 0 Å². The number of nitrogens with zero attached hydrogens (tertiary/aromatic N) is 1. The van der Waals surface area contributed by atoms with Gasteiger partial charge < -0.3 is 10.2 Å². The van der Waals surface area contributed by atoms with Gasteiger partial charge in [-0.1, -0.05) is 6.92 Å². The number of halogens is 1. The number of hydrogen-bond acceptors (Lipinski definition) is 2. The largest absolute Gasteiger partial charge is 0.342 e. The normalized spacial score (nSPS) is 22.6. The summed E-state index contributed by atoms with van der Waals surface area (Å²) < 4.78 is 0. The van der Waals surface area contributed by atoms with Crippen LogP contribution in [-0.4, -0.2) is 37.0 Å². The molecule has 2 aliphatic rings. The molecule has 18 heavy (non-hydrogen) atoms. The average Bonchev–Trinajstić information content (AvgIpc) is 2.99. The van der Waals surface area contributed by atoms with E-state index in [9.17, 15) is 4.79 Å². The Kier molecular flexibility index (Phi) is 7.02. The average molecular weight is 275 g/mol. The standard InChI is InChI=1S/C14H26N2O.ClH/c1-2-9-16(11-13-3-4-13)14(17)6-5-12-7-8-15-10-12;/h12-13,15H,2-11H2,1H3;1H. The second-order valence-electron chi connectivity index (χ2n) is 5.68. The van der Waals surface area contributed by atoms with Crippen molar-refractivity contribution >= 4 is 18.3 Å². The number of hydrogen-bond donors (Lipinski definition) is 1. The van der Waals surface area contributed by atoms with E-state index in [0.717, 1.165) is 57.3 Å². The van der Waals surface area contributed by atoms with Crippen LogP contribution >= 0.6 is 12.4 Å². The van der Waals surface area contributed by atoms with Crippen molar-refractivity contribution in [1.29, 1.82) is 0 Å². The Morgan fingerprint density at radius 2 is 2.06 bits per heavy atom. The summed E-state index contributed by atoms with van der Waals surface area (Å²) in [7, 11) is 0. The molecule has 3 nitrogen and oxygen atoms in total. The molecule has 0 spiro atoms. The monoisotopic (exact) mass is 274 g/mol. The van der Waals surface area contributed by atoms with Gasteiger partial charge in [-0.2, -0.15) is 0 Å². The predicted octanol–water partition coefficient (Wildman–Crippen LogP) is 2.45. The van der Waals surface area contributed by atoms with Crippen molar-refractivity contribution in [3.63, 3.8) is 0 Å². The first-order valence-corrected chi connectivity index (χ1v) is 7.28. The lowest BCUT2D eigenvalue weighted by molar-refractivity contribution is -0.131. The van der Waals surface area contributed by atoms with E-state index in [2.05, 4.69) is 17.1 Å². The highest BCUT2D eigenvalue weighted by Crippen LogP contribution is 2.30. The van der Waals surface area contributed by atoms with Crippen LogP contribution in [0.5, 0.6) is 0 Å². The van der Waals surface area contributed by atoms with Crippen LogP contribution in [0.15, 0.2) is 0 Å². The van der Waals surface area contributed by atoms with Crippen LogP contribution < -0.4 is 5.32 Å². The molecule has 1 saturated carbocycles. The number of carbonyl (C=O) groups is 1. The molecule has 2 rings (SSSR count). The fraction of sp³-hybridized carbons (Fsp3) is 0.929. The highest BCUT2D eigenvalue weighted by atomic mass is 35.5. The van der Waals surface area contributed by atoms with E-state index in [1.54, 1.807) is 0 Å². The number of rotatable bonds is 7. The molecule has 4 heteroatoms. The second kappa shape index (κ2) is 8.00. The van der Waals surface area contributed by atoms with E-state index < -0.39 is 0 Å². The van der Waals surface area contributed by atoms with Gasteiger partial charge in [0, 0.05) is 19.5 Å². The first kappa shape index (κ1) is 15.8. The Bertz CT molecular complexity index is 250. The maximum absolute atomic E-state index is 12.2. The van der Waals surface area contributed by atoms with Crippen molar-refractivity contribution in [3.05, 3.63) is 0 Å². The van der Waals surface area contributed by atoms with Gasteiger partial charge in [0.15, 0.2) is 0 Å². The molecule has 1 unspecified atom stereocenters. The molecule has 1 heterocycles. The van der Waals surface area contributed by atoms with Crippen LogP contribution in [0, 0.1) is 11.8 Å². The van der Waals surface area contributed by atoms with Crippen LogP contribution in [0.25, 0.3) is 0 Å². The van der Waals surface area contributed by atoms with Gasteiger partial charge in [0.2, 0.25) is 5.91 Å². The Labute approximate surface area is 117 Å². The Morgan fingerprint density at radius 1 is 1.28 bits per heavy atom. The van der Waals surface area contributed by atoms with Crippen molar-refractivity contribution in [2.75, 3.05) is 26.2 Å². The fourth-order valence-electron chi connectivity index (χ4n) is 2.65. The molecule has 1 saturated heterocycles. The van der Waals surface area contributed by atoms with E-state index in [1.165, 1.54) is 19.3 Å². The molecule has 1 amide bonds. The smallest absolute Gasteiger partial charge is 0.222 e. The van der Waals surface area contributed by atoms with Crippen LogP contribution in [0.1, 0.15) is 45.4 Å². The van der Waals surface area contributed by atoms with Crippen LogP contribution in [-0.2, 0) is 4.79 Å². The first-order chi connectivity index (χ1) is 8.29. The molecule has 106 valence electrons. The molecule has 0 aromatic rings. The Balaban J connectivity index is 0.00000162. The summed E-state index contributed by atoms with van der Waals surface area (Å²) in [4.78, 5) is 14.3. The molecule has 1 aliphatic carbocycles. The van der Waals surface area contributed by atoms with Gasteiger partial charge in [-0.25, -0.2) is 0 Å². The molecule has 0 aromatic heterocycles. The molecular formula is C14H27ClN2O. The van der Waals surface area contributed by atoms with Gasteiger partial charge in [-0.15, -0.1) is 12.4 Å². The summed E-state index contributed by atoms with van der Waals surface area (Å²) in [5.41, 5.74) is 0. The molecule has 2 fully saturated rings. The predicted molar refractivity (Wildman–Crippen MR) is 77.1 cm³/mol. The van der Waals surface area contributed by atoms with Crippen molar-refractivity contribution in [2.24, 2.45) is 11.8 Å². The third-order valence-electron chi connectivity index (χ3n) is 3.95. The number of carbonyl (C=O) groups excluding carboxylic acids is 1. The molecule has 1 aliphatic heterocycles. The lowest BCUT2D eigenvalue weighted by Gasteiger charge is -2.22.